The molecule has 0 aliphatic carbocycles. The molecule has 160 valence electrons. The van der Waals surface area contributed by atoms with Crippen LogP contribution in [0.2, 0.25) is 0 Å². The first-order valence-electron chi connectivity index (χ1n) is 10.2. The van der Waals surface area contributed by atoms with Crippen molar-refractivity contribution in [3.8, 4) is 0 Å². The van der Waals surface area contributed by atoms with E-state index in [0.29, 0.717) is 18.7 Å². The van der Waals surface area contributed by atoms with Gasteiger partial charge in [0.05, 0.1) is 17.5 Å². The first-order chi connectivity index (χ1) is 15.0. The highest BCUT2D eigenvalue weighted by Crippen LogP contribution is 2.29. The number of aromatic nitrogens is 4. The van der Waals surface area contributed by atoms with Crippen molar-refractivity contribution in [2.45, 2.75) is 18.8 Å². The van der Waals surface area contributed by atoms with E-state index >= 15 is 0 Å². The number of likely N-dealkylation sites (tertiary alicyclic amines) is 1. The maximum absolute atomic E-state index is 13.1. The fourth-order valence-corrected chi connectivity index (χ4v) is 3.90. The molecule has 4 rings (SSSR count). The van der Waals surface area contributed by atoms with Gasteiger partial charge in [-0.2, -0.15) is 10.2 Å². The summed E-state index contributed by atoms with van der Waals surface area (Å²) in [5.74, 6) is -0.428. The quantitative estimate of drug-likeness (QED) is 0.693. The highest BCUT2D eigenvalue weighted by Gasteiger charge is 2.31. The van der Waals surface area contributed by atoms with Crippen molar-refractivity contribution in [3.63, 3.8) is 0 Å². The van der Waals surface area contributed by atoms with Crippen molar-refractivity contribution in [1.82, 2.24) is 24.9 Å². The van der Waals surface area contributed by atoms with E-state index in [1.807, 2.05) is 30.3 Å². The summed E-state index contributed by atoms with van der Waals surface area (Å²) in [4.78, 5) is 40.9. The van der Waals surface area contributed by atoms with Gasteiger partial charge in [-0.1, -0.05) is 18.2 Å². The van der Waals surface area contributed by atoms with E-state index in [4.69, 9.17) is 0 Å². The monoisotopic (exact) mass is 420 g/mol. The van der Waals surface area contributed by atoms with Gasteiger partial charge in [-0.15, -0.1) is 0 Å². The molecule has 1 atom stereocenters. The minimum absolute atomic E-state index is 0.0455. The largest absolute Gasteiger partial charge is 0.337 e. The van der Waals surface area contributed by atoms with Gasteiger partial charge in [0.2, 0.25) is 0 Å². The molecule has 3 heterocycles. The molecular formula is C22H24N6O3. The number of aryl methyl sites for hydroxylation is 1. The van der Waals surface area contributed by atoms with Crippen LogP contribution in [0.3, 0.4) is 0 Å². The van der Waals surface area contributed by atoms with Gasteiger partial charge in [0.15, 0.2) is 0 Å². The molecule has 31 heavy (non-hydrogen) atoms. The predicted molar refractivity (Wildman–Crippen MR) is 115 cm³/mol. The van der Waals surface area contributed by atoms with Gasteiger partial charge in [-0.25, -0.2) is 4.68 Å². The summed E-state index contributed by atoms with van der Waals surface area (Å²) >= 11 is 0. The topological polar surface area (TPSA) is 104 Å². The maximum atomic E-state index is 13.1. The minimum atomic E-state index is -0.267. The third-order valence-electron chi connectivity index (χ3n) is 5.64. The molecule has 0 spiro atoms. The molecule has 1 aromatic carbocycles. The molecular weight excluding hydrogens is 396 g/mol. The summed E-state index contributed by atoms with van der Waals surface area (Å²) in [5, 5.41) is 11.2. The zero-order chi connectivity index (χ0) is 22.0. The van der Waals surface area contributed by atoms with Gasteiger partial charge in [0.25, 0.3) is 17.4 Å². The van der Waals surface area contributed by atoms with Crippen LogP contribution in [0.4, 0.5) is 5.69 Å². The molecule has 0 bridgehead atoms. The maximum Gasteiger partial charge on any atom is 0.274 e. The SMILES string of the molecule is CN(C(=O)c1cn[nH]c1[C@@H]1CCCN(C(=O)c2ccc(=O)n(C)n2)C1)c1ccccc1. The Kier molecular flexibility index (Phi) is 5.66. The number of carbonyl (C=O) groups excluding carboxylic acids is 2. The van der Waals surface area contributed by atoms with Crippen LogP contribution >= 0.6 is 0 Å². The smallest absolute Gasteiger partial charge is 0.274 e. The summed E-state index contributed by atoms with van der Waals surface area (Å²) in [6.07, 6.45) is 3.18. The molecule has 0 radical (unpaired) electrons. The number of para-hydroxylation sites is 1. The lowest BCUT2D eigenvalue weighted by atomic mass is 9.92. The summed E-state index contributed by atoms with van der Waals surface area (Å²) < 4.78 is 1.15. The Morgan fingerprint density at radius 3 is 2.68 bits per heavy atom. The Bertz CT molecular complexity index is 1150. The van der Waals surface area contributed by atoms with Crippen molar-refractivity contribution >= 4 is 17.5 Å². The van der Waals surface area contributed by atoms with Gasteiger partial charge in [0, 0.05) is 44.9 Å². The standard InChI is InChI=1S/C22H24N6O3/c1-26(16-8-4-3-5-9-16)21(30)17-13-23-24-20(17)15-7-6-12-28(14-15)22(31)18-10-11-19(29)27(2)25-18/h3-5,8-11,13,15H,6-7,12,14H2,1-2H3,(H,23,24)/t15-/m1/s1. The molecule has 1 fully saturated rings. The first kappa shape index (κ1) is 20.5. The average Bonchev–Trinajstić information content (AvgIpc) is 3.30. The first-order valence-corrected chi connectivity index (χ1v) is 10.2. The van der Waals surface area contributed by atoms with Crippen LogP contribution in [0, 0.1) is 0 Å². The van der Waals surface area contributed by atoms with Crippen LogP contribution in [0.1, 0.15) is 45.3 Å². The second kappa shape index (κ2) is 8.55. The number of hydrogen-bond donors (Lipinski definition) is 1. The predicted octanol–water partition coefficient (Wildman–Crippen LogP) is 1.80. The number of anilines is 1. The number of aromatic amines is 1. The second-order valence-electron chi connectivity index (χ2n) is 7.67. The Labute approximate surface area is 179 Å². The number of carbonyl (C=O) groups is 2. The molecule has 0 unspecified atom stereocenters. The third-order valence-corrected chi connectivity index (χ3v) is 5.64. The molecule has 0 saturated carbocycles. The van der Waals surface area contributed by atoms with Gasteiger partial charge in [-0.3, -0.25) is 19.5 Å². The third kappa shape index (κ3) is 4.11. The second-order valence-corrected chi connectivity index (χ2v) is 7.67. The Morgan fingerprint density at radius 2 is 1.94 bits per heavy atom. The number of rotatable bonds is 4. The normalized spacial score (nSPS) is 16.2. The summed E-state index contributed by atoms with van der Waals surface area (Å²) in [6.45, 7) is 1.04. The highest BCUT2D eigenvalue weighted by molar-refractivity contribution is 6.06. The molecule has 1 aliphatic rings. The number of nitrogens with one attached hydrogen (secondary N) is 1. The van der Waals surface area contributed by atoms with Crippen LogP contribution in [0.25, 0.3) is 0 Å². The van der Waals surface area contributed by atoms with Crippen LogP contribution in [0.5, 0.6) is 0 Å². The number of piperidine rings is 1. The number of H-pyrrole nitrogens is 1. The summed E-state index contributed by atoms with van der Waals surface area (Å²) in [5.41, 5.74) is 1.99. The molecule has 3 aromatic rings. The van der Waals surface area contributed by atoms with Crippen LogP contribution in [-0.4, -0.2) is 56.8 Å². The van der Waals surface area contributed by atoms with E-state index in [2.05, 4.69) is 15.3 Å². The summed E-state index contributed by atoms with van der Waals surface area (Å²) in [7, 11) is 3.25. The Hall–Kier alpha value is -3.75. The lowest BCUT2D eigenvalue weighted by Gasteiger charge is -2.32. The average molecular weight is 420 g/mol. The van der Waals surface area contributed by atoms with E-state index in [1.54, 1.807) is 23.0 Å². The molecule has 1 aliphatic heterocycles. The number of amides is 2. The van der Waals surface area contributed by atoms with Crippen LogP contribution < -0.4 is 10.5 Å². The lowest BCUT2D eigenvalue weighted by molar-refractivity contribution is 0.0697. The molecule has 1 saturated heterocycles. The van der Waals surface area contributed by atoms with Crippen molar-refractivity contribution in [3.05, 3.63) is 76.0 Å². The molecule has 1 N–H and O–H groups in total. The molecule has 9 heteroatoms. The van der Waals surface area contributed by atoms with Crippen LogP contribution in [0.15, 0.2) is 53.5 Å². The van der Waals surface area contributed by atoms with Gasteiger partial charge in [-0.05, 0) is 31.0 Å². The Balaban J connectivity index is 1.54. The highest BCUT2D eigenvalue weighted by atomic mass is 16.2. The van der Waals surface area contributed by atoms with Gasteiger partial charge in [0.1, 0.15) is 5.69 Å². The number of hydrogen-bond acceptors (Lipinski definition) is 5. The Morgan fingerprint density at radius 1 is 1.16 bits per heavy atom. The van der Waals surface area contributed by atoms with Crippen molar-refractivity contribution in [2.75, 3.05) is 25.0 Å². The molecule has 2 aromatic heterocycles. The fraction of sp³-hybridized carbons (Fsp3) is 0.318. The number of nitrogens with zero attached hydrogens (tertiary/aromatic N) is 5. The molecule has 9 nitrogen and oxygen atoms in total. The van der Waals surface area contributed by atoms with Crippen LogP contribution in [-0.2, 0) is 7.05 Å². The minimum Gasteiger partial charge on any atom is -0.337 e. The van der Waals surface area contributed by atoms with E-state index in [1.165, 1.54) is 19.2 Å². The fourth-order valence-electron chi connectivity index (χ4n) is 3.90. The molecule has 2 amide bonds. The van der Waals surface area contributed by atoms with Gasteiger partial charge >= 0.3 is 0 Å². The number of benzene rings is 1. The zero-order valence-electron chi connectivity index (χ0n) is 17.5. The lowest BCUT2D eigenvalue weighted by Crippen LogP contribution is -2.40. The van der Waals surface area contributed by atoms with Crippen molar-refractivity contribution < 1.29 is 9.59 Å². The van der Waals surface area contributed by atoms with E-state index in [9.17, 15) is 14.4 Å². The zero-order valence-corrected chi connectivity index (χ0v) is 17.5. The summed E-state index contributed by atoms with van der Waals surface area (Å²) in [6, 6.07) is 12.2. The van der Waals surface area contributed by atoms with Gasteiger partial charge < -0.3 is 9.80 Å². The van der Waals surface area contributed by atoms with E-state index in [-0.39, 0.29) is 29.0 Å². The van der Waals surface area contributed by atoms with E-state index < -0.39 is 0 Å². The van der Waals surface area contributed by atoms with Crippen molar-refractivity contribution in [2.24, 2.45) is 7.05 Å². The van der Waals surface area contributed by atoms with E-state index in [0.717, 1.165) is 28.9 Å². The van der Waals surface area contributed by atoms with Crippen molar-refractivity contribution in [1.29, 1.82) is 0 Å².